The number of nitriles is 1. The van der Waals surface area contributed by atoms with Crippen molar-refractivity contribution in [3.63, 3.8) is 0 Å². The quantitative estimate of drug-likeness (QED) is 0.544. The molecule has 0 spiro atoms. The number of H-pyrrole nitrogens is 1. The van der Waals surface area contributed by atoms with E-state index in [1.54, 1.807) is 18.2 Å². The number of carbonyl (C=O) groups excluding carboxylic acids is 1. The molecular formula is C19H16N6O. The van der Waals surface area contributed by atoms with Crippen molar-refractivity contribution in [1.29, 1.82) is 5.26 Å². The lowest BCUT2D eigenvalue weighted by Gasteiger charge is -2.10. The number of ketones is 1. The molecule has 0 amide bonds. The Kier molecular flexibility index (Phi) is 4.85. The molecule has 26 heavy (non-hydrogen) atoms. The first-order chi connectivity index (χ1) is 12.6. The molecule has 0 bridgehead atoms. The monoisotopic (exact) mass is 344 g/mol. The number of hydrogen-bond donors (Lipinski definition) is 2. The first-order valence-corrected chi connectivity index (χ1v) is 7.91. The van der Waals surface area contributed by atoms with E-state index >= 15 is 0 Å². The van der Waals surface area contributed by atoms with Crippen LogP contribution < -0.4 is 5.32 Å². The second kappa shape index (κ2) is 7.40. The largest absolute Gasteiger partial charge is 0.360 e. The zero-order valence-corrected chi connectivity index (χ0v) is 14.3. The van der Waals surface area contributed by atoms with Gasteiger partial charge in [-0.2, -0.15) is 10.5 Å². The number of aromatic amines is 1. The predicted octanol–water partition coefficient (Wildman–Crippen LogP) is 3.02. The summed E-state index contributed by atoms with van der Waals surface area (Å²) in [5.74, 6) is 0.0875. The van der Waals surface area contributed by atoms with E-state index in [1.165, 1.54) is 6.20 Å². The summed E-state index contributed by atoms with van der Waals surface area (Å²) in [6.07, 6.45) is 1.46. The average Bonchev–Trinajstić information content (AvgIpc) is 3.16. The van der Waals surface area contributed by atoms with Gasteiger partial charge in [-0.3, -0.25) is 4.79 Å². The number of anilines is 1. The van der Waals surface area contributed by atoms with Crippen LogP contribution in [-0.2, 0) is 0 Å². The summed E-state index contributed by atoms with van der Waals surface area (Å²) in [5, 5.41) is 25.5. The van der Waals surface area contributed by atoms with Gasteiger partial charge >= 0.3 is 0 Å². The summed E-state index contributed by atoms with van der Waals surface area (Å²) in [6.45, 7) is 3.92. The molecule has 1 heterocycles. The van der Waals surface area contributed by atoms with Gasteiger partial charge < -0.3 is 5.32 Å². The molecule has 0 saturated carbocycles. The smallest absolute Gasteiger partial charge is 0.216 e. The molecule has 3 aromatic rings. The van der Waals surface area contributed by atoms with Gasteiger partial charge in [-0.05, 0) is 43.3 Å². The molecule has 2 aromatic carbocycles. The Bertz CT molecular complexity index is 995. The molecule has 0 aliphatic heterocycles. The molecule has 0 aliphatic rings. The third-order valence-electron chi connectivity index (χ3n) is 3.73. The van der Waals surface area contributed by atoms with Gasteiger partial charge in [0, 0.05) is 23.0 Å². The van der Waals surface area contributed by atoms with Gasteiger partial charge in [0.05, 0.1) is 0 Å². The van der Waals surface area contributed by atoms with Crippen LogP contribution in [0.3, 0.4) is 0 Å². The number of rotatable bonds is 5. The molecule has 1 aromatic heterocycles. The Morgan fingerprint density at radius 3 is 2.58 bits per heavy atom. The molecule has 0 aliphatic carbocycles. The van der Waals surface area contributed by atoms with Crippen molar-refractivity contribution in [3.8, 4) is 6.07 Å². The molecule has 7 heteroatoms. The highest BCUT2D eigenvalue weighted by Crippen LogP contribution is 2.21. The summed E-state index contributed by atoms with van der Waals surface area (Å²) < 4.78 is 0. The van der Waals surface area contributed by atoms with Gasteiger partial charge in [-0.15, -0.1) is 10.2 Å². The minimum Gasteiger partial charge on any atom is -0.360 e. The number of aromatic nitrogens is 4. The summed E-state index contributed by atoms with van der Waals surface area (Å²) in [5.41, 5.74) is 3.99. The van der Waals surface area contributed by atoms with Crippen LogP contribution in [0.4, 0.5) is 5.69 Å². The average molecular weight is 344 g/mol. The van der Waals surface area contributed by atoms with Crippen LogP contribution in [0.2, 0.25) is 0 Å². The fourth-order valence-corrected chi connectivity index (χ4v) is 2.64. The van der Waals surface area contributed by atoms with Gasteiger partial charge in [-0.1, -0.05) is 29.3 Å². The number of allylic oxidation sites excluding steroid dienone is 1. The summed E-state index contributed by atoms with van der Waals surface area (Å²) in [7, 11) is 0. The maximum Gasteiger partial charge on any atom is 0.216 e. The van der Waals surface area contributed by atoms with Crippen molar-refractivity contribution in [2.45, 2.75) is 13.8 Å². The predicted molar refractivity (Wildman–Crippen MR) is 97.2 cm³/mol. The highest BCUT2D eigenvalue weighted by molar-refractivity contribution is 6.12. The SMILES string of the molecule is Cc1cc(C)cc(C(=O)c2ccccc2NC=C(C#N)c2nn[nH]n2)c1. The van der Waals surface area contributed by atoms with Crippen molar-refractivity contribution in [2.75, 3.05) is 5.32 Å². The van der Waals surface area contributed by atoms with Crippen molar-refractivity contribution >= 4 is 17.0 Å². The van der Waals surface area contributed by atoms with Crippen LogP contribution in [0.1, 0.15) is 32.9 Å². The molecule has 128 valence electrons. The molecule has 2 N–H and O–H groups in total. The Labute approximate surface area is 150 Å². The molecule has 7 nitrogen and oxygen atoms in total. The van der Waals surface area contributed by atoms with Crippen molar-refractivity contribution < 1.29 is 4.79 Å². The van der Waals surface area contributed by atoms with Crippen LogP contribution in [0.15, 0.2) is 48.7 Å². The maximum atomic E-state index is 12.9. The van der Waals surface area contributed by atoms with Crippen molar-refractivity contribution in [1.82, 2.24) is 20.6 Å². The summed E-state index contributed by atoms with van der Waals surface area (Å²) in [4.78, 5) is 12.9. The zero-order valence-electron chi connectivity index (χ0n) is 14.3. The van der Waals surface area contributed by atoms with E-state index in [1.807, 2.05) is 44.2 Å². The molecule has 0 saturated heterocycles. The molecule has 0 unspecified atom stereocenters. The molecule has 0 radical (unpaired) electrons. The number of benzene rings is 2. The zero-order chi connectivity index (χ0) is 18.5. The first-order valence-electron chi connectivity index (χ1n) is 7.91. The van der Waals surface area contributed by atoms with Crippen LogP contribution in [0.5, 0.6) is 0 Å². The lowest BCUT2D eigenvalue weighted by Crippen LogP contribution is -2.06. The van der Waals surface area contributed by atoms with Crippen molar-refractivity contribution in [3.05, 3.63) is 76.7 Å². The van der Waals surface area contributed by atoms with Crippen LogP contribution in [0.25, 0.3) is 5.57 Å². The number of para-hydroxylation sites is 1. The van der Waals surface area contributed by atoms with Crippen molar-refractivity contribution in [2.24, 2.45) is 0 Å². The second-order valence-corrected chi connectivity index (χ2v) is 5.80. The minimum atomic E-state index is -0.0913. The van der Waals surface area contributed by atoms with E-state index in [2.05, 4.69) is 25.9 Å². The standard InChI is InChI=1S/C19H16N6O/c1-12-7-13(2)9-14(8-12)18(26)16-5-3-4-6-17(16)21-11-15(10-20)19-22-24-25-23-19/h3-9,11,21H,1-2H3,(H,22,23,24,25). The Balaban J connectivity index is 1.93. The van der Waals surface area contributed by atoms with Gasteiger partial charge in [0.2, 0.25) is 5.82 Å². The van der Waals surface area contributed by atoms with Crippen LogP contribution in [-0.4, -0.2) is 26.4 Å². The van der Waals surface area contributed by atoms with E-state index in [4.69, 9.17) is 0 Å². The molecule has 0 fully saturated rings. The van der Waals surface area contributed by atoms with Gasteiger partial charge in [0.25, 0.3) is 0 Å². The molecular weight excluding hydrogens is 328 g/mol. The van der Waals surface area contributed by atoms with Gasteiger partial charge in [0.15, 0.2) is 5.78 Å². The third-order valence-corrected chi connectivity index (χ3v) is 3.73. The van der Waals surface area contributed by atoms with Gasteiger partial charge in [0.1, 0.15) is 11.6 Å². The fourth-order valence-electron chi connectivity index (χ4n) is 2.64. The minimum absolute atomic E-state index is 0.0913. The number of carbonyl (C=O) groups is 1. The number of nitrogens with one attached hydrogen (secondary N) is 2. The topological polar surface area (TPSA) is 107 Å². The number of aryl methyl sites for hydroxylation is 2. The highest BCUT2D eigenvalue weighted by Gasteiger charge is 2.14. The number of nitrogens with zero attached hydrogens (tertiary/aromatic N) is 4. The van der Waals surface area contributed by atoms with Crippen LogP contribution >= 0.6 is 0 Å². The number of hydrogen-bond acceptors (Lipinski definition) is 6. The lowest BCUT2D eigenvalue weighted by atomic mass is 9.98. The lowest BCUT2D eigenvalue weighted by molar-refractivity contribution is 0.103. The number of tetrazole rings is 1. The van der Waals surface area contributed by atoms with E-state index in [0.29, 0.717) is 16.8 Å². The Hall–Kier alpha value is -3.79. The summed E-state index contributed by atoms with van der Waals surface area (Å²) in [6, 6.07) is 14.9. The van der Waals surface area contributed by atoms with E-state index < -0.39 is 0 Å². The molecule has 0 atom stereocenters. The first kappa shape index (κ1) is 17.0. The Morgan fingerprint density at radius 2 is 1.92 bits per heavy atom. The Morgan fingerprint density at radius 1 is 1.19 bits per heavy atom. The van der Waals surface area contributed by atoms with E-state index in [-0.39, 0.29) is 17.2 Å². The third kappa shape index (κ3) is 3.65. The van der Waals surface area contributed by atoms with Crippen LogP contribution in [0, 0.1) is 25.2 Å². The maximum absolute atomic E-state index is 12.9. The van der Waals surface area contributed by atoms with E-state index in [9.17, 15) is 10.1 Å². The molecule has 3 rings (SSSR count). The summed E-state index contributed by atoms with van der Waals surface area (Å²) >= 11 is 0. The second-order valence-electron chi connectivity index (χ2n) is 5.80. The van der Waals surface area contributed by atoms with E-state index in [0.717, 1.165) is 11.1 Å². The highest BCUT2D eigenvalue weighted by atomic mass is 16.1. The fraction of sp³-hybridized carbons (Fsp3) is 0.105. The van der Waals surface area contributed by atoms with Gasteiger partial charge in [-0.25, -0.2) is 0 Å². The normalized spacial score (nSPS) is 11.0.